The van der Waals surface area contributed by atoms with Crippen molar-refractivity contribution in [1.82, 2.24) is 26.1 Å². The van der Waals surface area contributed by atoms with Crippen LogP contribution >= 0.6 is 0 Å². The van der Waals surface area contributed by atoms with Gasteiger partial charge >= 0.3 is 0 Å². The lowest BCUT2D eigenvalue weighted by Crippen LogP contribution is -2.18. The standard InChI is InChI=1S/C12H9N5O3/c1-13-12(18)8-3-2-7(10-5-14-16-19-10)4-9(8)11-6-15-17-20-11/h2-6H,1H3,(H,13,18). The molecule has 8 nitrogen and oxygen atoms in total. The fourth-order valence-electron chi connectivity index (χ4n) is 1.81. The molecule has 0 unspecified atom stereocenters. The quantitative estimate of drug-likeness (QED) is 0.761. The molecule has 0 radical (unpaired) electrons. The lowest BCUT2D eigenvalue weighted by Gasteiger charge is -2.06. The van der Waals surface area contributed by atoms with Crippen LogP contribution in [0.25, 0.3) is 22.6 Å². The zero-order valence-corrected chi connectivity index (χ0v) is 10.4. The van der Waals surface area contributed by atoms with Crippen molar-refractivity contribution in [1.29, 1.82) is 0 Å². The van der Waals surface area contributed by atoms with Gasteiger partial charge in [0.05, 0.1) is 18.0 Å². The summed E-state index contributed by atoms with van der Waals surface area (Å²) < 4.78 is 10.0. The summed E-state index contributed by atoms with van der Waals surface area (Å²) in [5.74, 6) is 0.638. The molecule has 0 aliphatic heterocycles. The first-order chi connectivity index (χ1) is 9.79. The van der Waals surface area contributed by atoms with Crippen LogP contribution in [0.15, 0.2) is 39.6 Å². The molecule has 0 aliphatic rings. The second-order valence-electron chi connectivity index (χ2n) is 3.90. The molecule has 8 heteroatoms. The minimum atomic E-state index is -0.237. The molecule has 3 rings (SSSR count). The zero-order chi connectivity index (χ0) is 13.9. The molecule has 1 N–H and O–H groups in total. The normalized spacial score (nSPS) is 10.4. The van der Waals surface area contributed by atoms with E-state index in [4.69, 9.17) is 9.05 Å². The molecule has 20 heavy (non-hydrogen) atoms. The molecule has 0 saturated carbocycles. The van der Waals surface area contributed by atoms with Crippen molar-refractivity contribution in [2.45, 2.75) is 0 Å². The van der Waals surface area contributed by atoms with Crippen molar-refractivity contribution >= 4 is 5.91 Å². The first-order valence-electron chi connectivity index (χ1n) is 5.71. The Morgan fingerprint density at radius 2 is 1.80 bits per heavy atom. The molecule has 0 atom stereocenters. The van der Waals surface area contributed by atoms with Crippen LogP contribution in [-0.4, -0.2) is 33.7 Å². The number of rotatable bonds is 3. The van der Waals surface area contributed by atoms with Gasteiger partial charge in [-0.15, -0.1) is 10.2 Å². The topological polar surface area (TPSA) is 107 Å². The average molecular weight is 271 g/mol. The molecule has 0 saturated heterocycles. The van der Waals surface area contributed by atoms with Gasteiger partial charge in [-0.25, -0.2) is 0 Å². The fourth-order valence-corrected chi connectivity index (χ4v) is 1.81. The highest BCUT2D eigenvalue weighted by molar-refractivity contribution is 6.00. The number of hydrogen-bond donors (Lipinski definition) is 1. The molecular weight excluding hydrogens is 262 g/mol. The van der Waals surface area contributed by atoms with Gasteiger partial charge in [-0.1, -0.05) is 6.07 Å². The summed E-state index contributed by atoms with van der Waals surface area (Å²) in [7, 11) is 1.55. The van der Waals surface area contributed by atoms with Crippen LogP contribution in [0.4, 0.5) is 0 Å². The second-order valence-corrected chi connectivity index (χ2v) is 3.90. The van der Waals surface area contributed by atoms with Crippen LogP contribution in [-0.2, 0) is 0 Å². The molecule has 1 aromatic carbocycles. The van der Waals surface area contributed by atoms with Crippen LogP contribution in [0.1, 0.15) is 10.4 Å². The second kappa shape index (κ2) is 4.92. The Hall–Kier alpha value is -3.03. The Balaban J connectivity index is 2.16. The Kier molecular flexibility index (Phi) is 2.96. The predicted molar refractivity (Wildman–Crippen MR) is 66.4 cm³/mol. The number of nitrogens with one attached hydrogen (secondary N) is 1. The van der Waals surface area contributed by atoms with E-state index in [0.717, 1.165) is 0 Å². The third kappa shape index (κ3) is 2.03. The molecule has 100 valence electrons. The minimum absolute atomic E-state index is 0.237. The van der Waals surface area contributed by atoms with Crippen LogP contribution in [0.3, 0.4) is 0 Å². The van der Waals surface area contributed by atoms with Crippen molar-refractivity contribution in [2.75, 3.05) is 7.05 Å². The van der Waals surface area contributed by atoms with E-state index in [0.29, 0.717) is 28.2 Å². The molecule has 0 spiro atoms. The van der Waals surface area contributed by atoms with E-state index in [1.54, 1.807) is 25.2 Å². The highest BCUT2D eigenvalue weighted by Gasteiger charge is 2.17. The number of aromatic nitrogens is 4. The van der Waals surface area contributed by atoms with Gasteiger partial charge in [-0.2, -0.15) is 0 Å². The number of nitrogens with zero attached hydrogens (tertiary/aromatic N) is 4. The predicted octanol–water partition coefficient (Wildman–Crippen LogP) is 1.15. The zero-order valence-electron chi connectivity index (χ0n) is 10.4. The molecule has 2 aromatic heterocycles. The molecule has 0 fully saturated rings. The van der Waals surface area contributed by atoms with E-state index in [-0.39, 0.29) is 5.91 Å². The molecular formula is C12H9N5O3. The summed E-state index contributed by atoms with van der Waals surface area (Å²) in [5, 5.41) is 16.6. The Bertz CT molecular complexity index is 722. The van der Waals surface area contributed by atoms with Crippen LogP contribution in [0.5, 0.6) is 0 Å². The summed E-state index contributed by atoms with van der Waals surface area (Å²) in [4.78, 5) is 11.9. The maximum Gasteiger partial charge on any atom is 0.251 e. The lowest BCUT2D eigenvalue weighted by atomic mass is 10.0. The first kappa shape index (κ1) is 12.0. The van der Waals surface area contributed by atoms with E-state index in [1.165, 1.54) is 12.4 Å². The summed E-state index contributed by atoms with van der Waals surface area (Å²) in [6, 6.07) is 5.13. The molecule has 1 amide bonds. The van der Waals surface area contributed by atoms with Gasteiger partial charge in [0.25, 0.3) is 5.91 Å². The van der Waals surface area contributed by atoms with Crippen molar-refractivity contribution in [3.8, 4) is 22.6 Å². The first-order valence-corrected chi connectivity index (χ1v) is 5.71. The number of carbonyl (C=O) groups excluding carboxylic acids is 1. The monoisotopic (exact) mass is 271 g/mol. The van der Waals surface area contributed by atoms with Gasteiger partial charge in [-0.3, -0.25) is 4.79 Å². The maximum absolute atomic E-state index is 11.9. The van der Waals surface area contributed by atoms with E-state index in [2.05, 4.69) is 26.1 Å². The molecule has 3 aromatic rings. The highest BCUT2D eigenvalue weighted by atomic mass is 16.5. The maximum atomic E-state index is 11.9. The van der Waals surface area contributed by atoms with Crippen molar-refractivity contribution < 1.29 is 13.8 Å². The van der Waals surface area contributed by atoms with E-state index in [1.807, 2.05) is 0 Å². The molecule has 0 aliphatic carbocycles. The Morgan fingerprint density at radius 3 is 2.40 bits per heavy atom. The largest absolute Gasteiger partial charge is 0.355 e. The molecule has 2 heterocycles. The number of benzene rings is 1. The van der Waals surface area contributed by atoms with Crippen molar-refractivity contribution in [2.24, 2.45) is 0 Å². The number of amides is 1. The minimum Gasteiger partial charge on any atom is -0.355 e. The summed E-state index contributed by atoms with van der Waals surface area (Å²) >= 11 is 0. The van der Waals surface area contributed by atoms with E-state index in [9.17, 15) is 4.79 Å². The van der Waals surface area contributed by atoms with Gasteiger partial charge in [-0.05, 0) is 12.1 Å². The van der Waals surface area contributed by atoms with Crippen LogP contribution < -0.4 is 5.32 Å². The summed E-state index contributed by atoms with van der Waals surface area (Å²) in [5.41, 5.74) is 1.72. The van der Waals surface area contributed by atoms with Gasteiger partial charge in [0, 0.05) is 28.7 Å². The number of hydrogen-bond acceptors (Lipinski definition) is 7. The van der Waals surface area contributed by atoms with Crippen LogP contribution in [0, 0.1) is 0 Å². The van der Waals surface area contributed by atoms with Gasteiger partial charge in [0.2, 0.25) is 0 Å². The number of carbonyl (C=O) groups is 1. The fraction of sp³-hybridized carbons (Fsp3) is 0.0833. The summed E-state index contributed by atoms with van der Waals surface area (Å²) in [6.45, 7) is 0. The van der Waals surface area contributed by atoms with E-state index < -0.39 is 0 Å². The third-order valence-electron chi connectivity index (χ3n) is 2.76. The van der Waals surface area contributed by atoms with Gasteiger partial charge < -0.3 is 14.4 Å². The lowest BCUT2D eigenvalue weighted by molar-refractivity contribution is 0.0963. The smallest absolute Gasteiger partial charge is 0.251 e. The average Bonchev–Trinajstić information content (AvgIpc) is 3.18. The van der Waals surface area contributed by atoms with Gasteiger partial charge in [0.15, 0.2) is 11.5 Å². The Labute approximate surface area is 112 Å². The van der Waals surface area contributed by atoms with Crippen molar-refractivity contribution in [3.63, 3.8) is 0 Å². The summed E-state index contributed by atoms with van der Waals surface area (Å²) in [6.07, 6.45) is 2.92. The van der Waals surface area contributed by atoms with Crippen LogP contribution in [0.2, 0.25) is 0 Å². The van der Waals surface area contributed by atoms with E-state index >= 15 is 0 Å². The Morgan fingerprint density at radius 1 is 1.10 bits per heavy atom. The third-order valence-corrected chi connectivity index (χ3v) is 2.76. The molecule has 0 bridgehead atoms. The highest BCUT2D eigenvalue weighted by Crippen LogP contribution is 2.28. The van der Waals surface area contributed by atoms with Gasteiger partial charge in [0.1, 0.15) is 0 Å². The van der Waals surface area contributed by atoms with Crippen molar-refractivity contribution in [3.05, 3.63) is 36.2 Å². The SMILES string of the molecule is CNC(=O)c1ccc(-c2cnno2)cc1-c1cnno1.